The minimum atomic E-state index is -0.185. The number of ether oxygens (including phenoxy) is 2. The number of halogens is 1. The van der Waals surface area contributed by atoms with Crippen molar-refractivity contribution in [3.63, 3.8) is 0 Å². The zero-order valence-electron chi connectivity index (χ0n) is 15.1. The second-order valence-electron chi connectivity index (χ2n) is 6.06. The third-order valence-corrected chi connectivity index (χ3v) is 4.91. The highest BCUT2D eigenvalue weighted by molar-refractivity contribution is 6.33. The van der Waals surface area contributed by atoms with Crippen molar-refractivity contribution >= 4 is 34.2 Å². The van der Waals surface area contributed by atoms with Crippen LogP contribution in [0.25, 0.3) is 11.0 Å². The van der Waals surface area contributed by atoms with E-state index >= 15 is 0 Å². The maximum absolute atomic E-state index is 12.6. The van der Waals surface area contributed by atoms with E-state index < -0.39 is 0 Å². The number of hydrogen-bond acceptors (Lipinski definition) is 4. The lowest BCUT2D eigenvalue weighted by Crippen LogP contribution is -2.15. The van der Waals surface area contributed by atoms with E-state index in [1.807, 2.05) is 19.9 Å². The minimum absolute atomic E-state index is 0.160. The number of carbonyl (C=O) groups excluding carboxylic acids is 1. The number of furan rings is 1. The molecule has 0 fully saturated rings. The van der Waals surface area contributed by atoms with Crippen molar-refractivity contribution in [2.75, 3.05) is 19.5 Å². The van der Waals surface area contributed by atoms with Crippen LogP contribution >= 0.6 is 11.6 Å². The highest BCUT2D eigenvalue weighted by Crippen LogP contribution is 2.33. The van der Waals surface area contributed by atoms with Crippen LogP contribution in [0.3, 0.4) is 0 Å². The number of benzene rings is 2. The Balaban J connectivity index is 1.88. The zero-order chi connectivity index (χ0) is 18.8. The smallest absolute Gasteiger partial charge is 0.229 e. The molecule has 1 amide bonds. The normalized spacial score (nSPS) is 10.8. The Morgan fingerprint density at radius 2 is 1.96 bits per heavy atom. The van der Waals surface area contributed by atoms with Gasteiger partial charge in [0, 0.05) is 22.0 Å². The SMILES string of the molecule is COc1ccc(OC)c(NC(=O)Cc2coc3cc(C)c(Cl)c(C)c23)c1. The number of rotatable bonds is 5. The molecule has 6 heteroatoms. The molecule has 0 saturated heterocycles. The summed E-state index contributed by atoms with van der Waals surface area (Å²) in [6.07, 6.45) is 1.77. The second kappa shape index (κ2) is 7.30. The number of aryl methyl sites for hydroxylation is 2. The minimum Gasteiger partial charge on any atom is -0.497 e. The molecule has 26 heavy (non-hydrogen) atoms. The van der Waals surface area contributed by atoms with Gasteiger partial charge in [0.25, 0.3) is 0 Å². The number of fused-ring (bicyclic) bond motifs is 1. The predicted octanol–water partition coefficient (Wildman–Crippen LogP) is 4.90. The van der Waals surface area contributed by atoms with Gasteiger partial charge in [-0.2, -0.15) is 0 Å². The molecule has 2 aromatic carbocycles. The van der Waals surface area contributed by atoms with Gasteiger partial charge in [-0.15, -0.1) is 0 Å². The highest BCUT2D eigenvalue weighted by Gasteiger charge is 2.17. The molecule has 0 saturated carbocycles. The summed E-state index contributed by atoms with van der Waals surface area (Å²) >= 11 is 6.35. The Bertz CT molecular complexity index is 978. The van der Waals surface area contributed by atoms with Crippen molar-refractivity contribution in [2.24, 2.45) is 0 Å². The molecule has 5 nitrogen and oxygen atoms in total. The molecule has 0 unspecified atom stereocenters. The van der Waals surface area contributed by atoms with Gasteiger partial charge >= 0.3 is 0 Å². The lowest BCUT2D eigenvalue weighted by atomic mass is 10.0. The molecule has 3 rings (SSSR count). The van der Waals surface area contributed by atoms with Crippen molar-refractivity contribution in [3.8, 4) is 11.5 Å². The van der Waals surface area contributed by atoms with Gasteiger partial charge in [-0.25, -0.2) is 0 Å². The summed E-state index contributed by atoms with van der Waals surface area (Å²) in [7, 11) is 3.12. The van der Waals surface area contributed by atoms with Gasteiger partial charge in [-0.1, -0.05) is 11.6 Å². The van der Waals surface area contributed by atoms with Gasteiger partial charge in [-0.3, -0.25) is 4.79 Å². The fourth-order valence-electron chi connectivity index (χ4n) is 3.02. The van der Waals surface area contributed by atoms with Crippen LogP contribution in [0.15, 0.2) is 34.9 Å². The van der Waals surface area contributed by atoms with Crippen LogP contribution in [-0.4, -0.2) is 20.1 Å². The summed E-state index contributed by atoms with van der Waals surface area (Å²) in [5.41, 5.74) is 3.93. The van der Waals surface area contributed by atoms with Crippen LogP contribution in [-0.2, 0) is 11.2 Å². The maximum Gasteiger partial charge on any atom is 0.229 e. The van der Waals surface area contributed by atoms with E-state index in [2.05, 4.69) is 5.32 Å². The Kier molecular flexibility index (Phi) is 5.09. The van der Waals surface area contributed by atoms with Crippen LogP contribution in [0.2, 0.25) is 5.02 Å². The van der Waals surface area contributed by atoms with Gasteiger partial charge in [0.15, 0.2) is 0 Å². The van der Waals surface area contributed by atoms with E-state index in [0.29, 0.717) is 22.2 Å². The largest absolute Gasteiger partial charge is 0.497 e. The first-order chi connectivity index (χ1) is 12.4. The molecule has 1 heterocycles. The summed E-state index contributed by atoms with van der Waals surface area (Å²) in [5.74, 6) is 1.01. The highest BCUT2D eigenvalue weighted by atomic mass is 35.5. The lowest BCUT2D eigenvalue weighted by molar-refractivity contribution is -0.115. The standard InChI is InChI=1S/C20H20ClNO4/c1-11-7-17-19(12(2)20(11)21)13(10-26-17)8-18(23)22-15-9-14(24-3)5-6-16(15)25-4/h5-7,9-10H,8H2,1-4H3,(H,22,23). The molecule has 0 aliphatic heterocycles. The summed E-state index contributed by atoms with van der Waals surface area (Å²) in [6, 6.07) is 7.12. The molecule has 3 aromatic rings. The van der Waals surface area contributed by atoms with E-state index in [0.717, 1.165) is 27.7 Å². The van der Waals surface area contributed by atoms with Gasteiger partial charge < -0.3 is 19.2 Å². The van der Waals surface area contributed by atoms with Crippen LogP contribution in [0, 0.1) is 13.8 Å². The van der Waals surface area contributed by atoms with Crippen molar-refractivity contribution in [2.45, 2.75) is 20.3 Å². The average molecular weight is 374 g/mol. The van der Waals surface area contributed by atoms with Gasteiger partial charge in [0.05, 0.1) is 32.6 Å². The first-order valence-electron chi connectivity index (χ1n) is 8.12. The molecular formula is C20H20ClNO4. The van der Waals surface area contributed by atoms with E-state index in [1.165, 1.54) is 0 Å². The summed E-state index contributed by atoms with van der Waals surface area (Å²) < 4.78 is 16.1. The lowest BCUT2D eigenvalue weighted by Gasteiger charge is -2.12. The molecule has 0 atom stereocenters. The van der Waals surface area contributed by atoms with Crippen molar-refractivity contribution in [1.29, 1.82) is 0 Å². The molecule has 136 valence electrons. The topological polar surface area (TPSA) is 60.7 Å². The van der Waals surface area contributed by atoms with Gasteiger partial charge in [0.2, 0.25) is 5.91 Å². The number of amides is 1. The third-order valence-electron chi connectivity index (χ3n) is 4.33. The summed E-state index contributed by atoms with van der Waals surface area (Å²) in [5, 5.41) is 4.44. The Labute approximate surface area is 156 Å². The average Bonchev–Trinajstić information content (AvgIpc) is 3.01. The molecule has 0 bridgehead atoms. The molecule has 0 aliphatic carbocycles. The number of carbonyl (C=O) groups is 1. The van der Waals surface area contributed by atoms with Crippen molar-refractivity contribution < 1.29 is 18.7 Å². The fraction of sp³-hybridized carbons (Fsp3) is 0.250. The first kappa shape index (κ1) is 18.1. The van der Waals surface area contributed by atoms with E-state index in [9.17, 15) is 4.79 Å². The number of methoxy groups -OCH3 is 2. The fourth-order valence-corrected chi connectivity index (χ4v) is 3.17. The number of anilines is 1. The number of hydrogen-bond donors (Lipinski definition) is 1. The Morgan fingerprint density at radius 1 is 1.19 bits per heavy atom. The van der Waals surface area contributed by atoms with E-state index in [1.54, 1.807) is 38.7 Å². The quantitative estimate of drug-likeness (QED) is 0.690. The Morgan fingerprint density at radius 3 is 2.65 bits per heavy atom. The van der Waals surface area contributed by atoms with Crippen molar-refractivity contribution in [1.82, 2.24) is 0 Å². The Hall–Kier alpha value is -2.66. The van der Waals surface area contributed by atoms with Gasteiger partial charge in [-0.05, 0) is 43.2 Å². The van der Waals surface area contributed by atoms with Crippen molar-refractivity contribution in [3.05, 3.63) is 52.2 Å². The maximum atomic E-state index is 12.6. The van der Waals surface area contributed by atoms with Crippen LogP contribution in [0.4, 0.5) is 5.69 Å². The summed E-state index contributed by atoms with van der Waals surface area (Å²) in [6.45, 7) is 3.86. The molecule has 1 aromatic heterocycles. The first-order valence-corrected chi connectivity index (χ1v) is 8.50. The third kappa shape index (κ3) is 3.35. The van der Waals surface area contributed by atoms with E-state index in [4.69, 9.17) is 25.5 Å². The zero-order valence-corrected chi connectivity index (χ0v) is 15.9. The molecule has 0 aliphatic rings. The summed E-state index contributed by atoms with van der Waals surface area (Å²) in [4.78, 5) is 12.6. The van der Waals surface area contributed by atoms with Crippen LogP contribution < -0.4 is 14.8 Å². The number of nitrogens with one attached hydrogen (secondary N) is 1. The molecule has 1 N–H and O–H groups in total. The predicted molar refractivity (Wildman–Crippen MR) is 103 cm³/mol. The molecular weight excluding hydrogens is 354 g/mol. The molecule has 0 radical (unpaired) electrons. The molecule has 0 spiro atoms. The van der Waals surface area contributed by atoms with E-state index in [-0.39, 0.29) is 12.3 Å². The van der Waals surface area contributed by atoms with Crippen LogP contribution in [0.5, 0.6) is 11.5 Å². The monoisotopic (exact) mass is 373 g/mol. The second-order valence-corrected chi connectivity index (χ2v) is 6.44. The van der Waals surface area contributed by atoms with Crippen LogP contribution in [0.1, 0.15) is 16.7 Å². The van der Waals surface area contributed by atoms with Gasteiger partial charge in [0.1, 0.15) is 17.1 Å².